The summed E-state index contributed by atoms with van der Waals surface area (Å²) in [4.78, 5) is 37.0. The Kier molecular flexibility index (Phi) is 12.7. The smallest absolute Gasteiger partial charge is 0.410 e. The van der Waals surface area contributed by atoms with Crippen molar-refractivity contribution in [1.29, 1.82) is 0 Å². The van der Waals surface area contributed by atoms with Crippen molar-refractivity contribution in [1.82, 2.24) is 10.2 Å². The number of hydrogen-bond donors (Lipinski definition) is 3. The molecular weight excluding hydrogens is 450 g/mol. The Morgan fingerprint density at radius 1 is 0.829 bits per heavy atom. The highest BCUT2D eigenvalue weighted by molar-refractivity contribution is 5.73. The number of aliphatic carboxylic acids is 1. The molecule has 0 saturated carbocycles. The molecule has 9 nitrogen and oxygen atoms in total. The normalized spacial score (nSPS) is 11.3. The van der Waals surface area contributed by atoms with Crippen molar-refractivity contribution in [3.05, 3.63) is 71.8 Å². The van der Waals surface area contributed by atoms with Gasteiger partial charge in [-0.15, -0.1) is 0 Å². The molecule has 2 aromatic carbocycles. The largest absolute Gasteiger partial charge is 0.480 e. The van der Waals surface area contributed by atoms with Crippen LogP contribution >= 0.6 is 0 Å². The maximum Gasteiger partial charge on any atom is 0.410 e. The van der Waals surface area contributed by atoms with E-state index >= 15 is 0 Å². The standard InChI is InChI=1S/C26H35N3O6/c27-23(24(30)31)15-7-9-17-29(26(33)35-20-22-13-5-2-6-14-22)18-10-8-16-28-25(32)34-19-21-11-3-1-4-12-21/h1-6,11-14,23H,7-10,15-20,27H2,(H,28,32)(H,30,31)/t23-/m0/s1. The predicted molar refractivity (Wildman–Crippen MR) is 132 cm³/mol. The number of nitrogens with one attached hydrogen (secondary N) is 1. The first-order chi connectivity index (χ1) is 17.0. The van der Waals surface area contributed by atoms with Crippen LogP contribution in [-0.2, 0) is 27.5 Å². The summed E-state index contributed by atoms with van der Waals surface area (Å²) in [7, 11) is 0. The van der Waals surface area contributed by atoms with Gasteiger partial charge in [0.1, 0.15) is 19.3 Å². The molecule has 0 aliphatic rings. The van der Waals surface area contributed by atoms with Crippen LogP contribution in [0.2, 0.25) is 0 Å². The molecule has 0 unspecified atom stereocenters. The van der Waals surface area contributed by atoms with Crippen LogP contribution in [0.3, 0.4) is 0 Å². The van der Waals surface area contributed by atoms with Gasteiger partial charge in [0.25, 0.3) is 0 Å². The van der Waals surface area contributed by atoms with E-state index in [9.17, 15) is 14.4 Å². The van der Waals surface area contributed by atoms with Crippen molar-refractivity contribution in [2.24, 2.45) is 5.73 Å². The number of carboxylic acid groups (broad SMARTS) is 1. The second-order valence-electron chi connectivity index (χ2n) is 8.16. The molecule has 0 radical (unpaired) electrons. The second-order valence-corrected chi connectivity index (χ2v) is 8.16. The van der Waals surface area contributed by atoms with Gasteiger partial charge in [-0.1, -0.05) is 60.7 Å². The van der Waals surface area contributed by atoms with Crippen molar-refractivity contribution in [3.63, 3.8) is 0 Å². The van der Waals surface area contributed by atoms with Gasteiger partial charge in [0.2, 0.25) is 0 Å². The number of nitrogens with zero attached hydrogens (tertiary/aromatic N) is 1. The molecule has 1 atom stereocenters. The molecule has 2 aromatic rings. The van der Waals surface area contributed by atoms with Crippen LogP contribution in [0, 0.1) is 0 Å². The van der Waals surface area contributed by atoms with Gasteiger partial charge in [0, 0.05) is 19.6 Å². The Morgan fingerprint density at radius 2 is 1.37 bits per heavy atom. The zero-order chi connectivity index (χ0) is 25.3. The average molecular weight is 486 g/mol. The van der Waals surface area contributed by atoms with Gasteiger partial charge < -0.3 is 30.5 Å². The number of carboxylic acids is 1. The van der Waals surface area contributed by atoms with Crippen molar-refractivity contribution < 1.29 is 29.0 Å². The first-order valence-electron chi connectivity index (χ1n) is 11.8. The lowest BCUT2D eigenvalue weighted by molar-refractivity contribution is -0.138. The molecule has 0 aromatic heterocycles. The van der Waals surface area contributed by atoms with Gasteiger partial charge in [-0.3, -0.25) is 4.79 Å². The Balaban J connectivity index is 1.71. The fraction of sp³-hybridized carbons (Fsp3) is 0.423. The number of ether oxygens (including phenoxy) is 2. The monoisotopic (exact) mass is 485 g/mol. The van der Waals surface area contributed by atoms with Crippen LogP contribution in [0.4, 0.5) is 9.59 Å². The molecule has 0 fully saturated rings. The number of benzene rings is 2. The number of amides is 2. The predicted octanol–water partition coefficient (Wildman–Crippen LogP) is 3.91. The quantitative estimate of drug-likeness (QED) is 0.326. The second kappa shape index (κ2) is 16.1. The highest BCUT2D eigenvalue weighted by atomic mass is 16.6. The Labute approximate surface area is 206 Å². The molecule has 35 heavy (non-hydrogen) atoms. The minimum atomic E-state index is -1.03. The molecule has 0 saturated heterocycles. The lowest BCUT2D eigenvalue weighted by Crippen LogP contribution is -2.34. The van der Waals surface area contributed by atoms with Crippen molar-refractivity contribution in [2.45, 2.75) is 51.4 Å². The van der Waals surface area contributed by atoms with Gasteiger partial charge in [0.05, 0.1) is 0 Å². The number of carbonyl (C=O) groups is 3. The summed E-state index contributed by atoms with van der Waals surface area (Å²) in [5.41, 5.74) is 7.36. The van der Waals surface area contributed by atoms with E-state index in [1.54, 1.807) is 4.90 Å². The zero-order valence-electron chi connectivity index (χ0n) is 19.9. The molecule has 0 bridgehead atoms. The molecule has 0 spiro atoms. The van der Waals surface area contributed by atoms with Gasteiger partial charge in [0.15, 0.2) is 0 Å². The highest BCUT2D eigenvalue weighted by Crippen LogP contribution is 2.08. The number of carbonyl (C=O) groups excluding carboxylic acids is 2. The Hall–Kier alpha value is -3.59. The topological polar surface area (TPSA) is 131 Å². The summed E-state index contributed by atoms with van der Waals surface area (Å²) in [6.45, 7) is 1.70. The molecule has 9 heteroatoms. The van der Waals surface area contributed by atoms with E-state index in [1.165, 1.54) is 0 Å². The summed E-state index contributed by atoms with van der Waals surface area (Å²) in [6, 6.07) is 17.9. The van der Waals surface area contributed by atoms with Gasteiger partial charge in [-0.05, 0) is 43.2 Å². The maximum absolute atomic E-state index is 12.6. The van der Waals surface area contributed by atoms with E-state index in [4.69, 9.17) is 20.3 Å². The number of nitrogens with two attached hydrogens (primary N) is 1. The summed E-state index contributed by atoms with van der Waals surface area (Å²) >= 11 is 0. The van der Waals surface area contributed by atoms with Crippen molar-refractivity contribution >= 4 is 18.2 Å². The molecule has 2 rings (SSSR count). The first kappa shape index (κ1) is 27.7. The summed E-state index contributed by atoms with van der Waals surface area (Å²) in [5, 5.41) is 11.6. The van der Waals surface area contributed by atoms with Crippen LogP contribution in [0.25, 0.3) is 0 Å². The lowest BCUT2D eigenvalue weighted by atomic mass is 10.1. The zero-order valence-corrected chi connectivity index (χ0v) is 19.9. The molecule has 0 aliphatic carbocycles. The lowest BCUT2D eigenvalue weighted by Gasteiger charge is -2.22. The SMILES string of the molecule is N[C@@H](CCCCN(CCCCNC(=O)OCc1ccccc1)C(=O)OCc1ccccc1)C(=O)O. The van der Waals surface area contributed by atoms with Gasteiger partial charge >= 0.3 is 18.2 Å². The molecule has 2 amide bonds. The van der Waals surface area contributed by atoms with Gasteiger partial charge in [-0.25, -0.2) is 9.59 Å². The van der Waals surface area contributed by atoms with E-state index in [-0.39, 0.29) is 13.2 Å². The average Bonchev–Trinajstić information content (AvgIpc) is 2.88. The van der Waals surface area contributed by atoms with Crippen LogP contribution in [0.5, 0.6) is 0 Å². The third kappa shape index (κ3) is 11.9. The third-order valence-corrected chi connectivity index (χ3v) is 5.31. The van der Waals surface area contributed by atoms with Crippen molar-refractivity contribution in [3.8, 4) is 0 Å². The minimum absolute atomic E-state index is 0.175. The number of alkyl carbamates (subject to hydrolysis) is 1. The van der Waals surface area contributed by atoms with E-state index < -0.39 is 24.2 Å². The highest BCUT2D eigenvalue weighted by Gasteiger charge is 2.16. The van der Waals surface area contributed by atoms with E-state index in [0.29, 0.717) is 51.7 Å². The molecule has 0 aliphatic heterocycles. The van der Waals surface area contributed by atoms with E-state index in [0.717, 1.165) is 11.1 Å². The number of unbranched alkanes of at least 4 members (excludes halogenated alkanes) is 2. The first-order valence-corrected chi connectivity index (χ1v) is 11.8. The summed E-state index contributed by atoms with van der Waals surface area (Å²) < 4.78 is 10.6. The molecule has 0 heterocycles. The Bertz CT molecular complexity index is 894. The fourth-order valence-electron chi connectivity index (χ4n) is 3.29. The number of hydrogen-bond acceptors (Lipinski definition) is 6. The maximum atomic E-state index is 12.6. The summed E-state index contributed by atoms with van der Waals surface area (Å²) in [5.74, 6) is -1.03. The van der Waals surface area contributed by atoms with Gasteiger partial charge in [-0.2, -0.15) is 0 Å². The molecule has 190 valence electrons. The number of rotatable bonds is 15. The molecule has 4 N–H and O–H groups in total. The van der Waals surface area contributed by atoms with Crippen LogP contribution in [0.15, 0.2) is 60.7 Å². The fourth-order valence-corrected chi connectivity index (χ4v) is 3.29. The summed E-state index contributed by atoms with van der Waals surface area (Å²) in [6.07, 6.45) is 1.96. The Morgan fingerprint density at radius 3 is 1.94 bits per heavy atom. The van der Waals surface area contributed by atoms with Crippen LogP contribution in [-0.4, -0.2) is 53.8 Å². The molecular formula is C26H35N3O6. The van der Waals surface area contributed by atoms with E-state index in [1.807, 2.05) is 60.7 Å². The van der Waals surface area contributed by atoms with Crippen LogP contribution < -0.4 is 11.1 Å². The van der Waals surface area contributed by atoms with Crippen LogP contribution in [0.1, 0.15) is 43.2 Å². The minimum Gasteiger partial charge on any atom is -0.480 e. The third-order valence-electron chi connectivity index (χ3n) is 5.31. The van der Waals surface area contributed by atoms with Crippen molar-refractivity contribution in [2.75, 3.05) is 19.6 Å². The van der Waals surface area contributed by atoms with E-state index in [2.05, 4.69) is 5.32 Å².